The fraction of sp³-hybridized carbons (Fsp3) is 0.500. The fourth-order valence-electron chi connectivity index (χ4n) is 2.65. The van der Waals surface area contributed by atoms with Crippen molar-refractivity contribution in [1.82, 2.24) is 0 Å². The maximum absolute atomic E-state index is 12.3. The van der Waals surface area contributed by atoms with Gasteiger partial charge in [-0.15, -0.1) is 0 Å². The quantitative estimate of drug-likeness (QED) is 0.816. The summed E-state index contributed by atoms with van der Waals surface area (Å²) in [7, 11) is 0. The molecule has 114 valence electrons. The summed E-state index contributed by atoms with van der Waals surface area (Å²) in [5.41, 5.74) is -0.136. The monoisotopic (exact) mass is 292 g/mol. The number of hydrogen-bond donors (Lipinski definition) is 1. The van der Waals surface area contributed by atoms with Crippen molar-refractivity contribution in [2.45, 2.75) is 50.9 Å². The number of hydrogen-bond acceptors (Lipinski definition) is 4. The third-order valence-electron chi connectivity index (χ3n) is 3.46. The maximum Gasteiger partial charge on any atom is 0.341 e. The van der Waals surface area contributed by atoms with Crippen LogP contribution in [0.3, 0.4) is 0 Å². The summed E-state index contributed by atoms with van der Waals surface area (Å²) in [5, 5.41) is 8.77. The van der Waals surface area contributed by atoms with Crippen LogP contribution in [0, 0.1) is 0 Å². The number of rotatable bonds is 6. The van der Waals surface area contributed by atoms with E-state index in [4.69, 9.17) is 14.6 Å². The molecule has 0 amide bonds. The Balaban J connectivity index is 2.18. The Morgan fingerprint density at radius 3 is 2.43 bits per heavy atom. The van der Waals surface area contributed by atoms with Gasteiger partial charge in [-0.25, -0.2) is 4.79 Å². The van der Waals surface area contributed by atoms with E-state index in [1.807, 2.05) is 30.3 Å². The van der Waals surface area contributed by atoms with Crippen molar-refractivity contribution in [3.63, 3.8) is 0 Å². The van der Waals surface area contributed by atoms with Crippen LogP contribution in [0.2, 0.25) is 0 Å². The molecule has 0 aliphatic carbocycles. The summed E-state index contributed by atoms with van der Waals surface area (Å²) in [6.07, 6.45) is 1.09. The van der Waals surface area contributed by atoms with Gasteiger partial charge in [-0.3, -0.25) is 4.79 Å². The Morgan fingerprint density at radius 2 is 1.90 bits per heavy atom. The van der Waals surface area contributed by atoms with Crippen molar-refractivity contribution in [3.8, 4) is 0 Å². The Hall–Kier alpha value is -1.88. The first kappa shape index (κ1) is 15.5. The van der Waals surface area contributed by atoms with Crippen molar-refractivity contribution in [3.05, 3.63) is 35.9 Å². The molecule has 0 aromatic heterocycles. The maximum atomic E-state index is 12.3. The molecule has 1 unspecified atom stereocenters. The van der Waals surface area contributed by atoms with Gasteiger partial charge < -0.3 is 14.6 Å². The number of carboxylic acid groups (broad SMARTS) is 1. The lowest BCUT2D eigenvalue weighted by atomic mass is 9.89. The summed E-state index contributed by atoms with van der Waals surface area (Å²) in [4.78, 5) is 23.0. The zero-order valence-corrected chi connectivity index (χ0v) is 12.3. The Kier molecular flexibility index (Phi) is 4.32. The molecule has 0 spiro atoms. The van der Waals surface area contributed by atoms with Crippen molar-refractivity contribution >= 4 is 11.9 Å². The molecule has 1 saturated heterocycles. The minimum atomic E-state index is -1.10. The zero-order chi connectivity index (χ0) is 15.5. The van der Waals surface area contributed by atoms with Crippen molar-refractivity contribution in [2.24, 2.45) is 0 Å². The lowest BCUT2D eigenvalue weighted by Crippen LogP contribution is -2.40. The predicted molar refractivity (Wildman–Crippen MR) is 75.6 cm³/mol. The van der Waals surface area contributed by atoms with Crippen LogP contribution < -0.4 is 0 Å². The molecule has 5 heteroatoms. The zero-order valence-electron chi connectivity index (χ0n) is 12.3. The summed E-state index contributed by atoms with van der Waals surface area (Å²) >= 11 is 0. The van der Waals surface area contributed by atoms with E-state index in [1.165, 1.54) is 0 Å². The first-order valence-electron chi connectivity index (χ1n) is 7.02. The van der Waals surface area contributed by atoms with Crippen molar-refractivity contribution in [1.29, 1.82) is 0 Å². The molecule has 1 aliphatic heterocycles. The SMILES string of the molecule is CC1(C)OC(=O)C(CCCC(=O)O)(Cc2ccccc2)O1. The van der Waals surface area contributed by atoms with Gasteiger partial charge in [0, 0.05) is 26.7 Å². The molecule has 5 nitrogen and oxygen atoms in total. The van der Waals surface area contributed by atoms with Crippen LogP contribution in [-0.2, 0) is 25.5 Å². The van der Waals surface area contributed by atoms with Crippen LogP contribution in [0.5, 0.6) is 0 Å². The average Bonchev–Trinajstić information content (AvgIpc) is 2.59. The molecule has 1 aliphatic rings. The first-order valence-corrected chi connectivity index (χ1v) is 7.02. The smallest absolute Gasteiger partial charge is 0.341 e. The topological polar surface area (TPSA) is 72.8 Å². The van der Waals surface area contributed by atoms with Crippen LogP contribution in [0.15, 0.2) is 30.3 Å². The van der Waals surface area contributed by atoms with E-state index >= 15 is 0 Å². The van der Waals surface area contributed by atoms with Crippen molar-refractivity contribution in [2.75, 3.05) is 0 Å². The molecule has 0 bridgehead atoms. The standard InChI is InChI=1S/C16H20O5/c1-15(2)20-14(19)16(21-15,10-6-9-13(17)18)11-12-7-4-3-5-8-12/h3-5,7-8H,6,9-11H2,1-2H3,(H,17,18). The van der Waals surface area contributed by atoms with Gasteiger partial charge in [-0.2, -0.15) is 0 Å². The molecule has 1 N–H and O–H groups in total. The summed E-state index contributed by atoms with van der Waals surface area (Å²) in [6.45, 7) is 3.38. The highest BCUT2D eigenvalue weighted by atomic mass is 16.8. The second-order valence-corrected chi connectivity index (χ2v) is 5.80. The molecule has 1 aromatic carbocycles. The third-order valence-corrected chi connectivity index (χ3v) is 3.46. The van der Waals surface area contributed by atoms with Gasteiger partial charge in [-0.05, 0) is 18.4 Å². The Labute approximate surface area is 123 Å². The second kappa shape index (κ2) is 5.85. The molecular formula is C16H20O5. The number of aliphatic carboxylic acids is 1. The molecular weight excluding hydrogens is 272 g/mol. The highest BCUT2D eigenvalue weighted by molar-refractivity contribution is 5.82. The molecule has 1 atom stereocenters. The van der Waals surface area contributed by atoms with Gasteiger partial charge in [-0.1, -0.05) is 30.3 Å². The third kappa shape index (κ3) is 3.82. The van der Waals surface area contributed by atoms with E-state index in [0.29, 0.717) is 19.3 Å². The van der Waals surface area contributed by atoms with Gasteiger partial charge in [0.2, 0.25) is 5.79 Å². The minimum Gasteiger partial charge on any atom is -0.481 e. The minimum absolute atomic E-state index is 0.00755. The van der Waals surface area contributed by atoms with Gasteiger partial charge in [0.05, 0.1) is 0 Å². The normalized spacial score (nSPS) is 23.8. The van der Waals surface area contributed by atoms with E-state index in [2.05, 4.69) is 0 Å². The number of carbonyl (C=O) groups is 2. The van der Waals surface area contributed by atoms with Crippen LogP contribution in [0.4, 0.5) is 0 Å². The van der Waals surface area contributed by atoms with Gasteiger partial charge in [0.25, 0.3) is 0 Å². The van der Waals surface area contributed by atoms with E-state index < -0.39 is 23.3 Å². The number of ether oxygens (including phenoxy) is 2. The molecule has 0 saturated carbocycles. The van der Waals surface area contributed by atoms with Crippen LogP contribution in [-0.4, -0.2) is 28.4 Å². The molecule has 1 heterocycles. The lowest BCUT2D eigenvalue weighted by Gasteiger charge is -2.26. The molecule has 0 radical (unpaired) electrons. The number of carboxylic acids is 1. The van der Waals surface area contributed by atoms with E-state index in [1.54, 1.807) is 13.8 Å². The van der Waals surface area contributed by atoms with E-state index in [9.17, 15) is 9.59 Å². The summed E-state index contributed by atoms with van der Waals surface area (Å²) in [6, 6.07) is 9.53. The van der Waals surface area contributed by atoms with Crippen LogP contribution in [0.1, 0.15) is 38.7 Å². The van der Waals surface area contributed by atoms with E-state index in [-0.39, 0.29) is 6.42 Å². The Bertz CT molecular complexity index is 523. The molecule has 1 fully saturated rings. The number of esters is 1. The largest absolute Gasteiger partial charge is 0.481 e. The van der Waals surface area contributed by atoms with Gasteiger partial charge in [0.1, 0.15) is 0 Å². The van der Waals surface area contributed by atoms with Crippen molar-refractivity contribution < 1.29 is 24.2 Å². The fourth-order valence-corrected chi connectivity index (χ4v) is 2.65. The second-order valence-electron chi connectivity index (χ2n) is 5.80. The lowest BCUT2D eigenvalue weighted by molar-refractivity contribution is -0.167. The van der Waals surface area contributed by atoms with E-state index in [0.717, 1.165) is 5.56 Å². The molecule has 21 heavy (non-hydrogen) atoms. The highest BCUT2D eigenvalue weighted by Crippen LogP contribution is 2.38. The molecule has 2 rings (SSSR count). The predicted octanol–water partition coefficient (Wildman–Crippen LogP) is 2.53. The average molecular weight is 292 g/mol. The van der Waals surface area contributed by atoms with Gasteiger partial charge >= 0.3 is 11.9 Å². The van der Waals surface area contributed by atoms with Gasteiger partial charge in [0.15, 0.2) is 5.60 Å². The van der Waals surface area contributed by atoms with Crippen LogP contribution in [0.25, 0.3) is 0 Å². The summed E-state index contributed by atoms with van der Waals surface area (Å²) in [5.74, 6) is -2.27. The number of cyclic esters (lactones) is 1. The van der Waals surface area contributed by atoms with Crippen LogP contribution >= 0.6 is 0 Å². The first-order chi connectivity index (χ1) is 9.83. The number of benzene rings is 1. The Morgan fingerprint density at radius 1 is 1.24 bits per heavy atom. The number of carbonyl (C=O) groups excluding carboxylic acids is 1. The molecule has 1 aromatic rings. The summed E-state index contributed by atoms with van der Waals surface area (Å²) < 4.78 is 11.2. The highest BCUT2D eigenvalue weighted by Gasteiger charge is 2.53.